The number of aromatic nitrogens is 1. The van der Waals surface area contributed by atoms with E-state index in [1.807, 2.05) is 12.4 Å². The van der Waals surface area contributed by atoms with Crippen LogP contribution in [0.4, 0.5) is 0 Å². The molecule has 1 atom stereocenters. The summed E-state index contributed by atoms with van der Waals surface area (Å²) < 4.78 is 0. The quantitative estimate of drug-likeness (QED) is 0.802. The highest BCUT2D eigenvalue weighted by molar-refractivity contribution is 5.09. The zero-order valence-corrected chi connectivity index (χ0v) is 9.10. The summed E-state index contributed by atoms with van der Waals surface area (Å²) in [6, 6.07) is 4.56. The van der Waals surface area contributed by atoms with E-state index in [-0.39, 0.29) is 0 Å². The number of nitrogens with two attached hydrogens (primary N) is 1. The standard InChI is InChI=1S/C12H19N3/c13-12-2-1-8-15(10-12)9-5-11-3-6-14-7-4-11/h3-4,6-7,12H,1-2,5,8-10,13H2. The van der Waals surface area contributed by atoms with Gasteiger partial charge in [0.05, 0.1) is 0 Å². The van der Waals surface area contributed by atoms with Crippen molar-refractivity contribution in [1.82, 2.24) is 9.88 Å². The molecule has 1 unspecified atom stereocenters. The molecule has 0 aliphatic carbocycles. The van der Waals surface area contributed by atoms with Crippen molar-refractivity contribution in [3.8, 4) is 0 Å². The predicted octanol–water partition coefficient (Wildman–Crippen LogP) is 1.05. The summed E-state index contributed by atoms with van der Waals surface area (Å²) in [6.07, 6.45) is 7.26. The maximum Gasteiger partial charge on any atom is 0.0270 e. The van der Waals surface area contributed by atoms with Crippen LogP contribution in [0.2, 0.25) is 0 Å². The van der Waals surface area contributed by atoms with Gasteiger partial charge in [0.25, 0.3) is 0 Å². The molecule has 2 rings (SSSR count). The van der Waals surface area contributed by atoms with Gasteiger partial charge in [-0.3, -0.25) is 4.98 Å². The molecular weight excluding hydrogens is 186 g/mol. The van der Waals surface area contributed by atoms with E-state index in [4.69, 9.17) is 5.73 Å². The summed E-state index contributed by atoms with van der Waals surface area (Å²) in [5.41, 5.74) is 7.31. The van der Waals surface area contributed by atoms with Crippen molar-refractivity contribution in [2.45, 2.75) is 25.3 Å². The minimum atomic E-state index is 0.385. The number of pyridine rings is 1. The highest BCUT2D eigenvalue weighted by Gasteiger charge is 2.15. The average Bonchev–Trinajstić information content (AvgIpc) is 2.28. The molecule has 3 heteroatoms. The summed E-state index contributed by atoms with van der Waals surface area (Å²) in [4.78, 5) is 6.49. The second kappa shape index (κ2) is 5.24. The smallest absolute Gasteiger partial charge is 0.0270 e. The van der Waals surface area contributed by atoms with Gasteiger partial charge in [-0.15, -0.1) is 0 Å². The molecule has 2 N–H and O–H groups in total. The lowest BCUT2D eigenvalue weighted by molar-refractivity contribution is 0.211. The van der Waals surface area contributed by atoms with E-state index < -0.39 is 0 Å². The first kappa shape index (κ1) is 10.6. The van der Waals surface area contributed by atoms with Crippen LogP contribution in [0, 0.1) is 0 Å². The van der Waals surface area contributed by atoms with E-state index in [2.05, 4.69) is 22.0 Å². The summed E-state index contributed by atoms with van der Waals surface area (Å²) >= 11 is 0. The van der Waals surface area contributed by atoms with Gasteiger partial charge in [0.15, 0.2) is 0 Å². The highest BCUT2D eigenvalue weighted by Crippen LogP contribution is 2.09. The minimum absolute atomic E-state index is 0.385. The lowest BCUT2D eigenvalue weighted by Crippen LogP contribution is -2.43. The normalized spacial score (nSPS) is 22.9. The molecule has 0 spiro atoms. The van der Waals surface area contributed by atoms with Gasteiger partial charge in [0.1, 0.15) is 0 Å². The number of rotatable bonds is 3. The number of piperidine rings is 1. The third-order valence-electron chi connectivity index (χ3n) is 3.01. The topological polar surface area (TPSA) is 42.1 Å². The summed E-state index contributed by atoms with van der Waals surface area (Å²) in [5.74, 6) is 0. The Hall–Kier alpha value is -0.930. The van der Waals surface area contributed by atoms with Gasteiger partial charge in [-0.25, -0.2) is 0 Å². The molecular formula is C12H19N3. The van der Waals surface area contributed by atoms with E-state index in [0.29, 0.717) is 6.04 Å². The Morgan fingerprint density at radius 2 is 2.20 bits per heavy atom. The third kappa shape index (κ3) is 3.29. The second-order valence-corrected chi connectivity index (χ2v) is 4.31. The molecule has 3 nitrogen and oxygen atoms in total. The second-order valence-electron chi connectivity index (χ2n) is 4.31. The summed E-state index contributed by atoms with van der Waals surface area (Å²) in [7, 11) is 0. The van der Waals surface area contributed by atoms with Crippen molar-refractivity contribution in [2.75, 3.05) is 19.6 Å². The molecule has 0 saturated carbocycles. The van der Waals surface area contributed by atoms with Crippen LogP contribution in [0.3, 0.4) is 0 Å². The van der Waals surface area contributed by atoms with Gasteiger partial charge in [-0.1, -0.05) is 0 Å². The molecule has 0 aromatic carbocycles. The van der Waals surface area contributed by atoms with Gasteiger partial charge in [0, 0.05) is 31.5 Å². The molecule has 1 aromatic rings. The Balaban J connectivity index is 1.78. The monoisotopic (exact) mass is 205 g/mol. The van der Waals surface area contributed by atoms with Crippen molar-refractivity contribution < 1.29 is 0 Å². The Kier molecular flexibility index (Phi) is 3.69. The Morgan fingerprint density at radius 3 is 2.93 bits per heavy atom. The molecule has 0 bridgehead atoms. The first-order chi connectivity index (χ1) is 7.34. The lowest BCUT2D eigenvalue weighted by Gasteiger charge is -2.30. The van der Waals surface area contributed by atoms with Crippen LogP contribution in [0.1, 0.15) is 18.4 Å². The molecule has 1 aromatic heterocycles. The van der Waals surface area contributed by atoms with E-state index >= 15 is 0 Å². The zero-order valence-electron chi connectivity index (χ0n) is 9.10. The number of likely N-dealkylation sites (tertiary alicyclic amines) is 1. The predicted molar refractivity (Wildman–Crippen MR) is 61.6 cm³/mol. The Labute approximate surface area is 91.3 Å². The van der Waals surface area contributed by atoms with Gasteiger partial charge in [-0.05, 0) is 43.5 Å². The first-order valence-electron chi connectivity index (χ1n) is 5.71. The molecule has 0 radical (unpaired) electrons. The fraction of sp³-hybridized carbons (Fsp3) is 0.583. The number of nitrogens with zero attached hydrogens (tertiary/aromatic N) is 2. The maximum atomic E-state index is 5.94. The Bertz CT molecular complexity index is 286. The summed E-state index contributed by atoms with van der Waals surface area (Å²) in [5, 5.41) is 0. The Morgan fingerprint density at radius 1 is 1.40 bits per heavy atom. The van der Waals surface area contributed by atoms with E-state index in [9.17, 15) is 0 Å². The average molecular weight is 205 g/mol. The van der Waals surface area contributed by atoms with Crippen LogP contribution in [0.5, 0.6) is 0 Å². The van der Waals surface area contributed by atoms with Gasteiger partial charge >= 0.3 is 0 Å². The van der Waals surface area contributed by atoms with Crippen molar-refractivity contribution >= 4 is 0 Å². The zero-order chi connectivity index (χ0) is 10.5. The molecule has 0 amide bonds. The molecule has 15 heavy (non-hydrogen) atoms. The van der Waals surface area contributed by atoms with Gasteiger partial charge in [-0.2, -0.15) is 0 Å². The van der Waals surface area contributed by atoms with Crippen LogP contribution >= 0.6 is 0 Å². The SMILES string of the molecule is NC1CCCN(CCc2ccncc2)C1. The highest BCUT2D eigenvalue weighted by atomic mass is 15.1. The summed E-state index contributed by atoms with van der Waals surface area (Å²) in [6.45, 7) is 3.39. The van der Waals surface area contributed by atoms with Crippen LogP contribution in [-0.2, 0) is 6.42 Å². The van der Waals surface area contributed by atoms with E-state index in [0.717, 1.165) is 19.5 Å². The maximum absolute atomic E-state index is 5.94. The molecule has 1 aliphatic heterocycles. The van der Waals surface area contributed by atoms with Gasteiger partial charge < -0.3 is 10.6 Å². The van der Waals surface area contributed by atoms with Crippen molar-refractivity contribution in [1.29, 1.82) is 0 Å². The van der Waals surface area contributed by atoms with Crippen molar-refractivity contribution in [3.63, 3.8) is 0 Å². The fourth-order valence-electron chi connectivity index (χ4n) is 2.13. The first-order valence-corrected chi connectivity index (χ1v) is 5.71. The largest absolute Gasteiger partial charge is 0.327 e. The third-order valence-corrected chi connectivity index (χ3v) is 3.01. The fourth-order valence-corrected chi connectivity index (χ4v) is 2.13. The van der Waals surface area contributed by atoms with Crippen LogP contribution in [0.15, 0.2) is 24.5 Å². The molecule has 1 saturated heterocycles. The van der Waals surface area contributed by atoms with Crippen molar-refractivity contribution in [2.24, 2.45) is 5.73 Å². The minimum Gasteiger partial charge on any atom is -0.327 e. The van der Waals surface area contributed by atoms with E-state index in [1.165, 1.54) is 24.9 Å². The lowest BCUT2D eigenvalue weighted by atomic mass is 10.1. The molecule has 82 valence electrons. The van der Waals surface area contributed by atoms with Crippen LogP contribution < -0.4 is 5.73 Å². The van der Waals surface area contributed by atoms with Gasteiger partial charge in [0.2, 0.25) is 0 Å². The van der Waals surface area contributed by atoms with Crippen molar-refractivity contribution in [3.05, 3.63) is 30.1 Å². The number of hydrogen-bond donors (Lipinski definition) is 1. The van der Waals surface area contributed by atoms with Crippen LogP contribution in [0.25, 0.3) is 0 Å². The molecule has 2 heterocycles. The molecule has 1 fully saturated rings. The van der Waals surface area contributed by atoms with Crippen LogP contribution in [-0.4, -0.2) is 35.6 Å². The number of hydrogen-bond acceptors (Lipinski definition) is 3. The van der Waals surface area contributed by atoms with E-state index in [1.54, 1.807) is 0 Å². The molecule has 1 aliphatic rings.